The van der Waals surface area contributed by atoms with Crippen molar-refractivity contribution in [3.05, 3.63) is 0 Å². The Morgan fingerprint density at radius 1 is 1.20 bits per heavy atom. The molecule has 0 N–H and O–H groups in total. The van der Waals surface area contributed by atoms with Crippen LogP contribution in [0.3, 0.4) is 0 Å². The highest BCUT2D eigenvalue weighted by Gasteiger charge is 2.45. The lowest BCUT2D eigenvalue weighted by Crippen LogP contribution is -2.27. The summed E-state index contributed by atoms with van der Waals surface area (Å²) in [5.41, 5.74) is 0. The van der Waals surface area contributed by atoms with Gasteiger partial charge in [-0.3, -0.25) is 8.75 Å². The Labute approximate surface area is 93.7 Å². The van der Waals surface area contributed by atoms with Crippen molar-refractivity contribution in [2.24, 2.45) is 0 Å². The maximum Gasteiger partial charge on any atom is 0.363 e. The number of hydrogen-bond donors (Lipinski definition) is 0. The summed E-state index contributed by atoms with van der Waals surface area (Å²) in [6, 6.07) is 0. The van der Waals surface area contributed by atoms with Crippen molar-refractivity contribution >= 4 is 18.7 Å². The average Bonchev–Trinajstić information content (AvgIpc) is 2.02. The van der Waals surface area contributed by atoms with E-state index in [1.165, 1.54) is 6.26 Å². The van der Waals surface area contributed by atoms with Gasteiger partial charge in [0.2, 0.25) is 0 Å². The maximum absolute atomic E-state index is 12.3. The molecule has 92 valence electrons. The first kappa shape index (κ1) is 15.3. The third-order valence-corrected chi connectivity index (χ3v) is 4.96. The molecule has 7 heteroatoms. The molecule has 15 heavy (non-hydrogen) atoms. The standard InChI is InChI=1S/C8H19O5PS/c1-6-11-14(9,12-7-2)8(3,4)13-15(5)10/h6-7H2,1-5H3. The van der Waals surface area contributed by atoms with Gasteiger partial charge >= 0.3 is 7.60 Å². The van der Waals surface area contributed by atoms with Crippen molar-refractivity contribution in [3.8, 4) is 0 Å². The molecule has 0 heterocycles. The highest BCUT2D eigenvalue weighted by molar-refractivity contribution is 7.79. The molecule has 0 saturated carbocycles. The molecule has 0 bridgehead atoms. The van der Waals surface area contributed by atoms with E-state index in [1.807, 2.05) is 0 Å². The van der Waals surface area contributed by atoms with Crippen molar-refractivity contribution in [2.75, 3.05) is 19.5 Å². The third-order valence-electron chi connectivity index (χ3n) is 1.58. The van der Waals surface area contributed by atoms with Gasteiger partial charge in [0.05, 0.1) is 13.2 Å². The van der Waals surface area contributed by atoms with Crippen LogP contribution >= 0.6 is 7.60 Å². The lowest BCUT2D eigenvalue weighted by molar-refractivity contribution is 0.125. The van der Waals surface area contributed by atoms with Crippen molar-refractivity contribution in [1.29, 1.82) is 0 Å². The SMILES string of the molecule is CCOP(=O)(OCC)C(C)(C)OS(C)=O. The van der Waals surface area contributed by atoms with E-state index in [2.05, 4.69) is 0 Å². The molecule has 1 atom stereocenters. The Balaban J connectivity index is 4.87. The van der Waals surface area contributed by atoms with Gasteiger partial charge in [-0.15, -0.1) is 0 Å². The summed E-state index contributed by atoms with van der Waals surface area (Å²) >= 11 is -1.52. The molecule has 0 aromatic rings. The summed E-state index contributed by atoms with van der Waals surface area (Å²) in [6.07, 6.45) is 1.37. The second-order valence-corrected chi connectivity index (χ2v) is 6.82. The first-order valence-electron chi connectivity index (χ1n) is 4.71. The fraction of sp³-hybridized carbons (Fsp3) is 1.00. The van der Waals surface area contributed by atoms with Gasteiger partial charge in [-0.1, -0.05) is 0 Å². The first-order valence-corrected chi connectivity index (χ1v) is 7.73. The lowest BCUT2D eigenvalue weighted by atomic mass is 10.5. The summed E-state index contributed by atoms with van der Waals surface area (Å²) < 4.78 is 38.5. The summed E-state index contributed by atoms with van der Waals surface area (Å²) in [4.78, 5) is 0. The van der Waals surface area contributed by atoms with Crippen LogP contribution in [0.25, 0.3) is 0 Å². The van der Waals surface area contributed by atoms with Crippen LogP contribution in [0.1, 0.15) is 27.7 Å². The molecule has 5 nitrogen and oxygen atoms in total. The van der Waals surface area contributed by atoms with Crippen LogP contribution in [0.4, 0.5) is 0 Å². The van der Waals surface area contributed by atoms with Gasteiger partial charge in [0.1, 0.15) is 0 Å². The van der Waals surface area contributed by atoms with Crippen LogP contribution < -0.4 is 0 Å². The Morgan fingerprint density at radius 2 is 1.60 bits per heavy atom. The van der Waals surface area contributed by atoms with Crippen molar-refractivity contribution in [2.45, 2.75) is 33.0 Å². The molecule has 0 fully saturated rings. The average molecular weight is 258 g/mol. The quantitative estimate of drug-likeness (QED) is 0.656. The molecule has 0 rings (SSSR count). The number of rotatable bonds is 7. The molecule has 0 spiro atoms. The van der Waals surface area contributed by atoms with Crippen LogP contribution in [0.15, 0.2) is 0 Å². The normalized spacial score (nSPS) is 15.3. The summed E-state index contributed by atoms with van der Waals surface area (Å²) in [7, 11) is -3.39. The molecule has 0 aliphatic heterocycles. The molecular formula is C8H19O5PS. The van der Waals surface area contributed by atoms with E-state index in [4.69, 9.17) is 13.2 Å². The monoisotopic (exact) mass is 258 g/mol. The van der Waals surface area contributed by atoms with Gasteiger partial charge in [-0.05, 0) is 27.7 Å². The fourth-order valence-electron chi connectivity index (χ4n) is 1.02. The van der Waals surface area contributed by atoms with Crippen LogP contribution in [0.5, 0.6) is 0 Å². The van der Waals surface area contributed by atoms with Crippen LogP contribution in [-0.2, 0) is 28.9 Å². The van der Waals surface area contributed by atoms with Crippen LogP contribution in [-0.4, -0.2) is 29.0 Å². The van der Waals surface area contributed by atoms with Crippen molar-refractivity contribution in [1.82, 2.24) is 0 Å². The zero-order valence-electron chi connectivity index (χ0n) is 9.81. The predicted molar refractivity (Wildman–Crippen MR) is 60.1 cm³/mol. The van der Waals surface area contributed by atoms with Gasteiger partial charge in [0.25, 0.3) is 0 Å². The topological polar surface area (TPSA) is 61.8 Å². The minimum Gasteiger partial charge on any atom is -0.307 e. The minimum atomic E-state index is -3.39. The van der Waals surface area contributed by atoms with E-state index in [-0.39, 0.29) is 13.2 Å². The highest BCUT2D eigenvalue weighted by atomic mass is 32.2. The fourth-order valence-corrected chi connectivity index (χ4v) is 3.65. The minimum absolute atomic E-state index is 0.250. The smallest absolute Gasteiger partial charge is 0.307 e. The summed E-state index contributed by atoms with van der Waals surface area (Å²) in [5, 5.41) is -1.21. The predicted octanol–water partition coefficient (Wildman–Crippen LogP) is 2.30. The second-order valence-electron chi connectivity index (χ2n) is 3.26. The molecule has 0 aliphatic carbocycles. The Hall–Kier alpha value is 0.260. The van der Waals surface area contributed by atoms with Crippen LogP contribution in [0.2, 0.25) is 0 Å². The number of hydrogen-bond acceptors (Lipinski definition) is 5. The maximum atomic E-state index is 12.3. The van der Waals surface area contributed by atoms with Gasteiger partial charge < -0.3 is 9.05 Å². The second kappa shape index (κ2) is 6.11. The molecule has 0 aromatic carbocycles. The molecule has 0 aliphatic rings. The molecule has 1 unspecified atom stereocenters. The van der Waals surface area contributed by atoms with Gasteiger partial charge in [0.15, 0.2) is 16.4 Å². The van der Waals surface area contributed by atoms with E-state index in [9.17, 15) is 8.77 Å². The molecule has 0 saturated heterocycles. The van der Waals surface area contributed by atoms with Crippen LogP contribution in [0, 0.1) is 0 Å². The molecule has 0 amide bonds. The first-order chi connectivity index (χ1) is 6.79. The zero-order valence-corrected chi connectivity index (χ0v) is 11.5. The molecule has 0 aromatic heterocycles. The van der Waals surface area contributed by atoms with E-state index < -0.39 is 24.0 Å². The van der Waals surface area contributed by atoms with E-state index in [1.54, 1.807) is 27.7 Å². The Morgan fingerprint density at radius 3 is 1.87 bits per heavy atom. The molecule has 0 radical (unpaired) electrons. The van der Waals surface area contributed by atoms with E-state index in [0.29, 0.717) is 0 Å². The van der Waals surface area contributed by atoms with Crippen molar-refractivity contribution < 1.29 is 22.0 Å². The Bertz CT molecular complexity index is 256. The third kappa shape index (κ3) is 4.33. The van der Waals surface area contributed by atoms with Gasteiger partial charge in [-0.2, -0.15) is 0 Å². The van der Waals surface area contributed by atoms with Gasteiger partial charge in [-0.25, -0.2) is 4.21 Å². The van der Waals surface area contributed by atoms with E-state index in [0.717, 1.165) is 0 Å². The van der Waals surface area contributed by atoms with Gasteiger partial charge in [0, 0.05) is 6.26 Å². The highest BCUT2D eigenvalue weighted by Crippen LogP contribution is 2.60. The zero-order chi connectivity index (χ0) is 12.1. The van der Waals surface area contributed by atoms with E-state index >= 15 is 0 Å². The lowest BCUT2D eigenvalue weighted by Gasteiger charge is -2.30. The largest absolute Gasteiger partial charge is 0.363 e. The summed E-state index contributed by atoms with van der Waals surface area (Å²) in [6.45, 7) is 7.01. The summed E-state index contributed by atoms with van der Waals surface area (Å²) in [5.74, 6) is 0. The Kier molecular flexibility index (Phi) is 6.21. The van der Waals surface area contributed by atoms with Crippen molar-refractivity contribution in [3.63, 3.8) is 0 Å². The molecular weight excluding hydrogens is 239 g/mol.